The maximum atomic E-state index is 3.95. The standard InChI is InChI=1S/C12H18/c1-9(2)8-11-10-6-4-5-7-12(10,11)3/h8,10H,1,4-7H2,2-3H3/b11-8+. The van der Waals surface area contributed by atoms with Gasteiger partial charge in [-0.15, -0.1) is 0 Å². The number of fused-ring (bicyclic) bond motifs is 1. The van der Waals surface area contributed by atoms with Crippen LogP contribution < -0.4 is 0 Å². The van der Waals surface area contributed by atoms with Gasteiger partial charge >= 0.3 is 0 Å². The summed E-state index contributed by atoms with van der Waals surface area (Å²) >= 11 is 0. The van der Waals surface area contributed by atoms with Crippen LogP contribution in [0.2, 0.25) is 0 Å². The Morgan fingerprint density at radius 1 is 1.58 bits per heavy atom. The summed E-state index contributed by atoms with van der Waals surface area (Å²) in [5.74, 6) is 0.919. The third kappa shape index (κ3) is 1.05. The Balaban J connectivity index is 2.17. The molecule has 0 heteroatoms. The molecule has 0 aromatic rings. The molecule has 0 bridgehead atoms. The van der Waals surface area contributed by atoms with Gasteiger partial charge in [-0.3, -0.25) is 0 Å². The van der Waals surface area contributed by atoms with E-state index in [0.717, 1.165) is 5.92 Å². The summed E-state index contributed by atoms with van der Waals surface area (Å²) in [7, 11) is 0. The van der Waals surface area contributed by atoms with Gasteiger partial charge in [0.15, 0.2) is 0 Å². The zero-order valence-corrected chi connectivity index (χ0v) is 8.19. The summed E-state index contributed by atoms with van der Waals surface area (Å²) in [5.41, 5.74) is 3.50. The Bertz CT molecular complexity index is 247. The highest BCUT2D eigenvalue weighted by molar-refractivity contribution is 5.42. The minimum atomic E-state index is 0.594. The topological polar surface area (TPSA) is 0 Å². The number of allylic oxidation sites excluding steroid dienone is 3. The maximum absolute atomic E-state index is 3.95. The zero-order chi connectivity index (χ0) is 8.77. The quantitative estimate of drug-likeness (QED) is 0.551. The highest BCUT2D eigenvalue weighted by Gasteiger charge is 2.55. The summed E-state index contributed by atoms with van der Waals surface area (Å²) < 4.78 is 0. The van der Waals surface area contributed by atoms with Crippen molar-refractivity contribution in [3.63, 3.8) is 0 Å². The van der Waals surface area contributed by atoms with Crippen molar-refractivity contribution < 1.29 is 0 Å². The minimum absolute atomic E-state index is 0.594. The number of hydrogen-bond acceptors (Lipinski definition) is 0. The number of rotatable bonds is 1. The van der Waals surface area contributed by atoms with Crippen molar-refractivity contribution in [1.82, 2.24) is 0 Å². The Morgan fingerprint density at radius 3 is 2.83 bits per heavy atom. The van der Waals surface area contributed by atoms with E-state index in [2.05, 4.69) is 26.5 Å². The second-order valence-corrected chi connectivity index (χ2v) is 4.66. The van der Waals surface area contributed by atoms with Gasteiger partial charge in [0.25, 0.3) is 0 Å². The van der Waals surface area contributed by atoms with Crippen LogP contribution >= 0.6 is 0 Å². The van der Waals surface area contributed by atoms with Crippen LogP contribution in [0.15, 0.2) is 23.8 Å². The fourth-order valence-electron chi connectivity index (χ4n) is 2.76. The van der Waals surface area contributed by atoms with Crippen molar-refractivity contribution in [2.45, 2.75) is 39.5 Å². The van der Waals surface area contributed by atoms with Crippen molar-refractivity contribution in [2.24, 2.45) is 11.3 Å². The van der Waals surface area contributed by atoms with Crippen LogP contribution in [-0.4, -0.2) is 0 Å². The molecule has 0 aromatic carbocycles. The predicted molar refractivity (Wildman–Crippen MR) is 53.0 cm³/mol. The van der Waals surface area contributed by atoms with E-state index in [0.29, 0.717) is 5.41 Å². The number of hydrogen-bond donors (Lipinski definition) is 0. The van der Waals surface area contributed by atoms with E-state index in [4.69, 9.17) is 0 Å². The largest absolute Gasteiger partial charge is 0.0961 e. The second kappa shape index (κ2) is 2.48. The summed E-state index contributed by atoms with van der Waals surface area (Å²) in [6, 6.07) is 0. The molecule has 2 rings (SSSR count). The summed E-state index contributed by atoms with van der Waals surface area (Å²) in [5, 5.41) is 0. The van der Waals surface area contributed by atoms with Gasteiger partial charge in [0, 0.05) is 0 Å². The van der Waals surface area contributed by atoms with Gasteiger partial charge in [-0.2, -0.15) is 0 Å². The van der Waals surface area contributed by atoms with Crippen molar-refractivity contribution in [1.29, 1.82) is 0 Å². The summed E-state index contributed by atoms with van der Waals surface area (Å²) in [4.78, 5) is 0. The Kier molecular flexibility index (Phi) is 1.67. The van der Waals surface area contributed by atoms with E-state index in [9.17, 15) is 0 Å². The monoisotopic (exact) mass is 162 g/mol. The molecule has 0 saturated heterocycles. The van der Waals surface area contributed by atoms with Crippen LogP contribution in [0, 0.1) is 11.3 Å². The Labute approximate surface area is 75.4 Å². The van der Waals surface area contributed by atoms with E-state index < -0.39 is 0 Å². The van der Waals surface area contributed by atoms with Crippen LogP contribution in [0.25, 0.3) is 0 Å². The molecule has 2 atom stereocenters. The van der Waals surface area contributed by atoms with Crippen molar-refractivity contribution in [3.05, 3.63) is 23.8 Å². The average Bonchev–Trinajstić information content (AvgIpc) is 2.56. The Morgan fingerprint density at radius 2 is 2.33 bits per heavy atom. The lowest BCUT2D eigenvalue weighted by atomic mass is 9.90. The molecule has 0 spiro atoms. The molecule has 2 fully saturated rings. The summed E-state index contributed by atoms with van der Waals surface area (Å²) in [6.07, 6.45) is 8.02. The van der Waals surface area contributed by atoms with E-state index in [-0.39, 0.29) is 0 Å². The molecule has 2 aliphatic rings. The third-order valence-corrected chi connectivity index (χ3v) is 3.56. The van der Waals surface area contributed by atoms with Gasteiger partial charge in [0.2, 0.25) is 0 Å². The van der Waals surface area contributed by atoms with E-state index in [1.165, 1.54) is 31.3 Å². The van der Waals surface area contributed by atoms with Gasteiger partial charge in [0.1, 0.15) is 0 Å². The molecular formula is C12H18. The minimum Gasteiger partial charge on any atom is -0.0961 e. The van der Waals surface area contributed by atoms with Crippen LogP contribution in [0.1, 0.15) is 39.5 Å². The first-order chi connectivity index (χ1) is 5.64. The lowest BCUT2D eigenvalue weighted by molar-refractivity contribution is 0.369. The highest BCUT2D eigenvalue weighted by Crippen LogP contribution is 2.65. The first-order valence-electron chi connectivity index (χ1n) is 5.02. The molecule has 2 aliphatic carbocycles. The van der Waals surface area contributed by atoms with Crippen LogP contribution in [0.4, 0.5) is 0 Å². The van der Waals surface area contributed by atoms with Gasteiger partial charge < -0.3 is 0 Å². The molecule has 0 heterocycles. The molecule has 0 nitrogen and oxygen atoms in total. The molecule has 2 unspecified atom stereocenters. The van der Waals surface area contributed by atoms with E-state index in [1.54, 1.807) is 5.57 Å². The lowest BCUT2D eigenvalue weighted by Crippen LogP contribution is -2.03. The molecule has 2 saturated carbocycles. The SMILES string of the molecule is C=C(C)/C=C1\C2CCCCC12C. The van der Waals surface area contributed by atoms with Crippen LogP contribution in [-0.2, 0) is 0 Å². The van der Waals surface area contributed by atoms with Crippen LogP contribution in [0.5, 0.6) is 0 Å². The maximum Gasteiger partial charge on any atom is -0.00444 e. The molecule has 0 aromatic heterocycles. The molecule has 0 N–H and O–H groups in total. The highest BCUT2D eigenvalue weighted by atomic mass is 14.6. The van der Waals surface area contributed by atoms with Crippen molar-refractivity contribution in [2.75, 3.05) is 0 Å². The molecule has 12 heavy (non-hydrogen) atoms. The molecule has 0 amide bonds. The smallest absolute Gasteiger partial charge is 0.00444 e. The van der Waals surface area contributed by atoms with Gasteiger partial charge in [-0.1, -0.05) is 43.6 Å². The van der Waals surface area contributed by atoms with E-state index in [1.807, 2.05) is 0 Å². The second-order valence-electron chi connectivity index (χ2n) is 4.66. The van der Waals surface area contributed by atoms with Crippen molar-refractivity contribution >= 4 is 0 Å². The van der Waals surface area contributed by atoms with Gasteiger partial charge in [-0.25, -0.2) is 0 Å². The molecule has 0 radical (unpaired) electrons. The Hall–Kier alpha value is -0.520. The predicted octanol–water partition coefficient (Wildman–Crippen LogP) is 3.70. The van der Waals surface area contributed by atoms with Crippen molar-refractivity contribution in [3.8, 4) is 0 Å². The first-order valence-corrected chi connectivity index (χ1v) is 5.02. The molecule has 0 aliphatic heterocycles. The van der Waals surface area contributed by atoms with Crippen LogP contribution in [0.3, 0.4) is 0 Å². The zero-order valence-electron chi connectivity index (χ0n) is 8.19. The average molecular weight is 162 g/mol. The fraction of sp³-hybridized carbons (Fsp3) is 0.667. The van der Waals surface area contributed by atoms with Gasteiger partial charge in [-0.05, 0) is 31.1 Å². The fourth-order valence-corrected chi connectivity index (χ4v) is 2.76. The lowest BCUT2D eigenvalue weighted by Gasteiger charge is -2.14. The summed E-state index contributed by atoms with van der Waals surface area (Å²) in [6.45, 7) is 8.47. The molecular weight excluding hydrogens is 144 g/mol. The first kappa shape index (κ1) is 8.10. The van der Waals surface area contributed by atoms with Gasteiger partial charge in [0.05, 0.1) is 0 Å². The van der Waals surface area contributed by atoms with E-state index >= 15 is 0 Å². The molecule has 66 valence electrons. The normalized spacial score (nSPS) is 42.5. The third-order valence-electron chi connectivity index (χ3n) is 3.56.